The van der Waals surface area contributed by atoms with E-state index in [0.717, 1.165) is 41.8 Å². The third-order valence-corrected chi connectivity index (χ3v) is 4.45. The molecule has 0 N–H and O–H groups in total. The van der Waals surface area contributed by atoms with Gasteiger partial charge in [-0.1, -0.05) is 6.07 Å². The Hall–Kier alpha value is -2.30. The van der Waals surface area contributed by atoms with E-state index in [1.54, 1.807) is 0 Å². The lowest BCUT2D eigenvalue weighted by molar-refractivity contribution is 0.171. The molecule has 0 bridgehead atoms. The summed E-state index contributed by atoms with van der Waals surface area (Å²) in [6, 6.07) is 8.70. The molecule has 0 aliphatic carbocycles. The zero-order chi connectivity index (χ0) is 15.8. The van der Waals surface area contributed by atoms with Gasteiger partial charge in [-0.15, -0.1) is 0 Å². The van der Waals surface area contributed by atoms with Gasteiger partial charge in [0.2, 0.25) is 0 Å². The second-order valence-corrected chi connectivity index (χ2v) is 6.17. The van der Waals surface area contributed by atoms with Crippen molar-refractivity contribution in [1.29, 1.82) is 0 Å². The summed E-state index contributed by atoms with van der Waals surface area (Å²) in [5, 5.41) is 0. The van der Waals surface area contributed by atoms with Crippen molar-refractivity contribution >= 4 is 5.82 Å². The molecule has 1 aromatic heterocycles. The minimum atomic E-state index is 0.333. The highest BCUT2D eigenvalue weighted by molar-refractivity contribution is 5.49. The smallest absolute Gasteiger partial charge is 0.161 e. The summed E-state index contributed by atoms with van der Waals surface area (Å²) in [7, 11) is 0. The van der Waals surface area contributed by atoms with Crippen LogP contribution in [0.25, 0.3) is 0 Å². The van der Waals surface area contributed by atoms with E-state index in [-0.39, 0.29) is 0 Å². The zero-order valence-electron chi connectivity index (χ0n) is 13.6. The Bertz CT molecular complexity index is 712. The molecule has 0 saturated carbocycles. The van der Waals surface area contributed by atoms with Gasteiger partial charge in [0, 0.05) is 18.3 Å². The van der Waals surface area contributed by atoms with Crippen LogP contribution in [0.2, 0.25) is 0 Å². The molecule has 1 saturated heterocycles. The number of benzene rings is 1. The Balaban J connectivity index is 1.67. The first-order valence-corrected chi connectivity index (χ1v) is 8.19. The molecule has 0 radical (unpaired) electrons. The summed E-state index contributed by atoms with van der Waals surface area (Å²) in [6.07, 6.45) is 2.29. The van der Waals surface area contributed by atoms with Crippen LogP contribution in [-0.2, 0) is 0 Å². The lowest BCUT2D eigenvalue weighted by Crippen LogP contribution is -2.24. The van der Waals surface area contributed by atoms with E-state index in [0.29, 0.717) is 19.3 Å². The summed E-state index contributed by atoms with van der Waals surface area (Å²) in [4.78, 5) is 11.4. The third-order valence-electron chi connectivity index (χ3n) is 4.45. The lowest BCUT2D eigenvalue weighted by Gasteiger charge is -2.27. The molecule has 1 aromatic carbocycles. The van der Waals surface area contributed by atoms with Gasteiger partial charge in [0.25, 0.3) is 0 Å². The van der Waals surface area contributed by atoms with Gasteiger partial charge in [0.1, 0.15) is 24.9 Å². The van der Waals surface area contributed by atoms with Crippen molar-refractivity contribution in [2.24, 2.45) is 0 Å². The van der Waals surface area contributed by atoms with Gasteiger partial charge in [-0.25, -0.2) is 9.97 Å². The van der Waals surface area contributed by atoms with Gasteiger partial charge < -0.3 is 14.4 Å². The SMILES string of the molecule is Cc1cc(N2CCC[C@@H]2c2ccc3c(c2)OCCO3)nc(C)n1. The molecule has 4 rings (SSSR count). The topological polar surface area (TPSA) is 47.5 Å². The van der Waals surface area contributed by atoms with Crippen LogP contribution < -0.4 is 14.4 Å². The van der Waals surface area contributed by atoms with Gasteiger partial charge in [-0.3, -0.25) is 0 Å². The van der Waals surface area contributed by atoms with E-state index in [1.807, 2.05) is 19.9 Å². The zero-order valence-corrected chi connectivity index (χ0v) is 13.6. The van der Waals surface area contributed by atoms with Crippen LogP contribution in [0.4, 0.5) is 5.82 Å². The second kappa shape index (κ2) is 5.72. The number of hydrogen-bond acceptors (Lipinski definition) is 5. The fourth-order valence-electron chi connectivity index (χ4n) is 3.50. The summed E-state index contributed by atoms with van der Waals surface area (Å²) >= 11 is 0. The van der Waals surface area contributed by atoms with Crippen molar-refractivity contribution in [3.05, 3.63) is 41.3 Å². The first-order chi connectivity index (χ1) is 11.2. The molecular formula is C18H21N3O2. The Labute approximate surface area is 136 Å². The second-order valence-electron chi connectivity index (χ2n) is 6.17. The first kappa shape index (κ1) is 14.3. The van der Waals surface area contributed by atoms with Crippen LogP contribution >= 0.6 is 0 Å². The number of hydrogen-bond donors (Lipinski definition) is 0. The summed E-state index contributed by atoms with van der Waals surface area (Å²) in [5.74, 6) is 3.55. The fourth-order valence-corrected chi connectivity index (χ4v) is 3.50. The highest BCUT2D eigenvalue weighted by Crippen LogP contribution is 2.39. The van der Waals surface area contributed by atoms with Crippen LogP contribution in [-0.4, -0.2) is 29.7 Å². The average Bonchev–Trinajstić information content (AvgIpc) is 3.03. The van der Waals surface area contributed by atoms with E-state index >= 15 is 0 Å². The van der Waals surface area contributed by atoms with Gasteiger partial charge in [0.15, 0.2) is 11.5 Å². The fraction of sp³-hybridized carbons (Fsp3) is 0.444. The number of aromatic nitrogens is 2. The maximum atomic E-state index is 5.73. The van der Waals surface area contributed by atoms with Crippen molar-refractivity contribution in [3.8, 4) is 11.5 Å². The van der Waals surface area contributed by atoms with Crippen LogP contribution in [0, 0.1) is 13.8 Å². The third kappa shape index (κ3) is 2.71. The van der Waals surface area contributed by atoms with E-state index in [2.05, 4.69) is 33.1 Å². The molecule has 23 heavy (non-hydrogen) atoms. The monoisotopic (exact) mass is 311 g/mol. The predicted octanol–water partition coefficient (Wildman–Crippen LogP) is 3.21. The standard InChI is InChI=1S/C18H21N3O2/c1-12-10-18(20-13(2)19-12)21-7-3-4-15(21)14-5-6-16-17(11-14)23-9-8-22-16/h5-6,10-11,15H,3-4,7-9H2,1-2H3/t15-/m1/s1. The predicted molar refractivity (Wildman–Crippen MR) is 88.3 cm³/mol. The van der Waals surface area contributed by atoms with Gasteiger partial charge in [-0.2, -0.15) is 0 Å². The van der Waals surface area contributed by atoms with Crippen LogP contribution in [0.15, 0.2) is 24.3 Å². The summed E-state index contributed by atoms with van der Waals surface area (Å²) in [6.45, 7) is 6.24. The van der Waals surface area contributed by atoms with Crippen LogP contribution in [0.5, 0.6) is 11.5 Å². The van der Waals surface area contributed by atoms with E-state index in [1.165, 1.54) is 12.0 Å². The van der Waals surface area contributed by atoms with Crippen molar-refractivity contribution in [2.75, 3.05) is 24.7 Å². The number of fused-ring (bicyclic) bond motifs is 1. The van der Waals surface area contributed by atoms with Gasteiger partial charge in [0.05, 0.1) is 6.04 Å². The average molecular weight is 311 g/mol. The van der Waals surface area contributed by atoms with E-state index in [9.17, 15) is 0 Å². The molecule has 5 nitrogen and oxygen atoms in total. The number of ether oxygens (including phenoxy) is 2. The van der Waals surface area contributed by atoms with Gasteiger partial charge >= 0.3 is 0 Å². The van der Waals surface area contributed by atoms with Crippen molar-refractivity contribution in [1.82, 2.24) is 9.97 Å². The number of aryl methyl sites for hydroxylation is 2. The Morgan fingerprint density at radius 2 is 1.87 bits per heavy atom. The minimum absolute atomic E-state index is 0.333. The number of rotatable bonds is 2. The molecule has 120 valence electrons. The summed E-state index contributed by atoms with van der Waals surface area (Å²) in [5.41, 5.74) is 2.28. The normalized spacial score (nSPS) is 19.9. The molecule has 2 aromatic rings. The van der Waals surface area contributed by atoms with Crippen molar-refractivity contribution in [2.45, 2.75) is 32.7 Å². The van der Waals surface area contributed by atoms with Crippen LogP contribution in [0.1, 0.15) is 36.0 Å². The molecule has 3 heterocycles. The highest BCUT2D eigenvalue weighted by atomic mass is 16.6. The molecule has 5 heteroatoms. The van der Waals surface area contributed by atoms with E-state index < -0.39 is 0 Å². The molecule has 0 spiro atoms. The quantitative estimate of drug-likeness (QED) is 0.852. The molecule has 0 unspecified atom stereocenters. The van der Waals surface area contributed by atoms with E-state index in [4.69, 9.17) is 9.47 Å². The Morgan fingerprint density at radius 3 is 2.70 bits per heavy atom. The van der Waals surface area contributed by atoms with Crippen molar-refractivity contribution in [3.63, 3.8) is 0 Å². The Morgan fingerprint density at radius 1 is 1.04 bits per heavy atom. The number of anilines is 1. The Kier molecular flexibility index (Phi) is 3.56. The molecule has 1 atom stereocenters. The molecule has 2 aliphatic rings. The molecule has 0 amide bonds. The minimum Gasteiger partial charge on any atom is -0.486 e. The molecular weight excluding hydrogens is 290 g/mol. The molecule has 1 fully saturated rings. The van der Waals surface area contributed by atoms with Crippen LogP contribution in [0.3, 0.4) is 0 Å². The van der Waals surface area contributed by atoms with Crippen molar-refractivity contribution < 1.29 is 9.47 Å². The molecule has 2 aliphatic heterocycles. The maximum Gasteiger partial charge on any atom is 0.161 e. The summed E-state index contributed by atoms with van der Waals surface area (Å²) < 4.78 is 11.4. The lowest BCUT2D eigenvalue weighted by atomic mass is 10.0. The highest BCUT2D eigenvalue weighted by Gasteiger charge is 2.28. The number of nitrogens with zero attached hydrogens (tertiary/aromatic N) is 3. The maximum absolute atomic E-state index is 5.73. The first-order valence-electron chi connectivity index (χ1n) is 8.19. The van der Waals surface area contributed by atoms with Gasteiger partial charge in [-0.05, 0) is 44.4 Å². The largest absolute Gasteiger partial charge is 0.486 e.